The Labute approximate surface area is 101 Å². The number of aliphatic hydroxyl groups is 1. The molecule has 1 aromatic rings. The van der Waals surface area contributed by atoms with Crippen LogP contribution in [0.3, 0.4) is 0 Å². The third kappa shape index (κ3) is 2.79. The molecule has 1 aromatic carbocycles. The van der Waals surface area contributed by atoms with E-state index in [1.807, 2.05) is 25.1 Å². The lowest BCUT2D eigenvalue weighted by Gasteiger charge is -2.18. The monoisotopic (exact) mass is 321 g/mol. The summed E-state index contributed by atoms with van der Waals surface area (Å²) in [5, 5.41) is 9.59. The van der Waals surface area contributed by atoms with E-state index in [1.54, 1.807) is 0 Å². The topological polar surface area (TPSA) is 46.2 Å². The Kier molecular flexibility index (Phi) is 4.57. The van der Waals surface area contributed by atoms with Crippen LogP contribution in [0.15, 0.2) is 27.1 Å². The summed E-state index contributed by atoms with van der Waals surface area (Å²) in [4.78, 5) is 0. The highest BCUT2D eigenvalue weighted by atomic mass is 79.9. The van der Waals surface area contributed by atoms with Crippen LogP contribution in [0.5, 0.6) is 0 Å². The molecule has 78 valence electrons. The lowest BCUT2D eigenvalue weighted by atomic mass is 10.0. The summed E-state index contributed by atoms with van der Waals surface area (Å²) in [7, 11) is 0. The third-order valence-electron chi connectivity index (χ3n) is 2.16. The van der Waals surface area contributed by atoms with Gasteiger partial charge in [0.25, 0.3) is 0 Å². The molecule has 2 nitrogen and oxygen atoms in total. The van der Waals surface area contributed by atoms with Crippen LogP contribution in [-0.4, -0.2) is 11.2 Å². The van der Waals surface area contributed by atoms with Crippen molar-refractivity contribution in [2.24, 2.45) is 5.73 Å². The Balaban J connectivity index is 2.91. The molecule has 0 fully saturated rings. The minimum Gasteiger partial charge on any atom is -0.391 e. The number of nitrogens with two attached hydrogens (primary N) is 1. The smallest absolute Gasteiger partial charge is 0.0730 e. The Hall–Kier alpha value is 0.1000. The normalized spacial score (nSPS) is 15.2. The Bertz CT molecular complexity index is 317. The predicted octanol–water partition coefficient (Wildman–Crippen LogP) is 2.98. The standard InChI is InChI=1S/C10H13Br2NO/c1-2-9(14)10(13)6-3-4-7(11)8(12)5-6/h3-5,9-10,14H,2,13H2,1H3/t9-,10+/m0/s1. The van der Waals surface area contributed by atoms with E-state index in [-0.39, 0.29) is 6.04 Å². The fourth-order valence-electron chi connectivity index (χ4n) is 1.20. The van der Waals surface area contributed by atoms with Gasteiger partial charge in [0.2, 0.25) is 0 Å². The molecule has 14 heavy (non-hydrogen) atoms. The second-order valence-corrected chi connectivity index (χ2v) is 4.88. The maximum Gasteiger partial charge on any atom is 0.0730 e. The van der Waals surface area contributed by atoms with Gasteiger partial charge in [0.15, 0.2) is 0 Å². The highest BCUT2D eigenvalue weighted by Gasteiger charge is 2.15. The molecular weight excluding hydrogens is 310 g/mol. The molecule has 0 radical (unpaired) electrons. The van der Waals surface area contributed by atoms with Crippen molar-refractivity contribution in [2.45, 2.75) is 25.5 Å². The minimum atomic E-state index is -0.483. The summed E-state index contributed by atoms with van der Waals surface area (Å²) in [5.41, 5.74) is 6.82. The summed E-state index contributed by atoms with van der Waals surface area (Å²) in [6.07, 6.45) is 0.178. The van der Waals surface area contributed by atoms with E-state index in [9.17, 15) is 5.11 Å². The first kappa shape index (κ1) is 12.2. The Morgan fingerprint density at radius 3 is 2.50 bits per heavy atom. The van der Waals surface area contributed by atoms with Gasteiger partial charge in [0.1, 0.15) is 0 Å². The SMILES string of the molecule is CC[C@H](O)[C@H](N)c1ccc(Br)c(Br)c1. The largest absolute Gasteiger partial charge is 0.391 e. The fourth-order valence-corrected chi connectivity index (χ4v) is 1.84. The zero-order valence-electron chi connectivity index (χ0n) is 7.87. The van der Waals surface area contributed by atoms with Crippen LogP contribution in [0.2, 0.25) is 0 Å². The average Bonchev–Trinajstić information content (AvgIpc) is 2.20. The van der Waals surface area contributed by atoms with Crippen LogP contribution in [0.4, 0.5) is 0 Å². The summed E-state index contributed by atoms with van der Waals surface area (Å²) < 4.78 is 1.94. The molecule has 2 atom stereocenters. The van der Waals surface area contributed by atoms with E-state index < -0.39 is 6.10 Å². The maximum absolute atomic E-state index is 9.59. The van der Waals surface area contributed by atoms with Crippen molar-refractivity contribution in [2.75, 3.05) is 0 Å². The van der Waals surface area contributed by atoms with Crippen LogP contribution < -0.4 is 5.73 Å². The van der Waals surface area contributed by atoms with Crippen molar-refractivity contribution in [1.29, 1.82) is 0 Å². The lowest BCUT2D eigenvalue weighted by molar-refractivity contribution is 0.140. The molecule has 0 aromatic heterocycles. The Morgan fingerprint density at radius 2 is 2.00 bits per heavy atom. The first-order chi connectivity index (χ1) is 6.56. The number of aliphatic hydroxyl groups excluding tert-OH is 1. The summed E-state index contributed by atoms with van der Waals surface area (Å²) in [5.74, 6) is 0. The van der Waals surface area contributed by atoms with Gasteiger partial charge >= 0.3 is 0 Å². The van der Waals surface area contributed by atoms with Crippen LogP contribution in [-0.2, 0) is 0 Å². The van der Waals surface area contributed by atoms with Crippen molar-refractivity contribution in [3.05, 3.63) is 32.7 Å². The van der Waals surface area contributed by atoms with Gasteiger partial charge in [-0.25, -0.2) is 0 Å². The fraction of sp³-hybridized carbons (Fsp3) is 0.400. The predicted molar refractivity (Wildman–Crippen MR) is 65.1 cm³/mol. The zero-order valence-corrected chi connectivity index (χ0v) is 11.0. The number of halogens is 2. The summed E-state index contributed by atoms with van der Waals surface area (Å²) >= 11 is 6.78. The molecule has 0 bridgehead atoms. The van der Waals surface area contributed by atoms with Crippen molar-refractivity contribution >= 4 is 31.9 Å². The molecule has 0 aliphatic heterocycles. The number of hydrogen-bond acceptors (Lipinski definition) is 2. The van der Waals surface area contributed by atoms with Crippen molar-refractivity contribution in [3.63, 3.8) is 0 Å². The van der Waals surface area contributed by atoms with Crippen molar-refractivity contribution < 1.29 is 5.11 Å². The van der Waals surface area contributed by atoms with E-state index in [2.05, 4.69) is 31.9 Å². The molecule has 0 heterocycles. The summed E-state index contributed by atoms with van der Waals surface area (Å²) in [6, 6.07) is 5.44. The Morgan fingerprint density at radius 1 is 1.36 bits per heavy atom. The molecule has 0 unspecified atom stereocenters. The van der Waals surface area contributed by atoms with Crippen LogP contribution in [0.25, 0.3) is 0 Å². The number of rotatable bonds is 3. The van der Waals surface area contributed by atoms with Gasteiger partial charge in [-0.2, -0.15) is 0 Å². The molecule has 0 saturated carbocycles. The van der Waals surface area contributed by atoms with Crippen LogP contribution in [0, 0.1) is 0 Å². The average molecular weight is 323 g/mol. The molecule has 0 aliphatic carbocycles. The number of hydrogen-bond donors (Lipinski definition) is 2. The second kappa shape index (κ2) is 5.26. The molecule has 0 saturated heterocycles. The van der Waals surface area contributed by atoms with Gasteiger partial charge in [0, 0.05) is 8.95 Å². The van der Waals surface area contributed by atoms with Gasteiger partial charge < -0.3 is 10.8 Å². The third-order valence-corrected chi connectivity index (χ3v) is 4.04. The van der Waals surface area contributed by atoms with Gasteiger partial charge in [-0.15, -0.1) is 0 Å². The van der Waals surface area contributed by atoms with Crippen LogP contribution >= 0.6 is 31.9 Å². The van der Waals surface area contributed by atoms with Crippen LogP contribution in [0.1, 0.15) is 24.9 Å². The molecule has 0 spiro atoms. The van der Waals surface area contributed by atoms with E-state index in [0.717, 1.165) is 14.5 Å². The van der Waals surface area contributed by atoms with Gasteiger partial charge in [-0.3, -0.25) is 0 Å². The van der Waals surface area contributed by atoms with E-state index in [1.165, 1.54) is 0 Å². The quantitative estimate of drug-likeness (QED) is 0.898. The van der Waals surface area contributed by atoms with Gasteiger partial charge in [-0.1, -0.05) is 13.0 Å². The molecule has 4 heteroatoms. The zero-order chi connectivity index (χ0) is 10.7. The second-order valence-electron chi connectivity index (χ2n) is 3.17. The minimum absolute atomic E-state index is 0.315. The molecule has 1 rings (SSSR count). The molecule has 3 N–H and O–H groups in total. The maximum atomic E-state index is 9.59. The van der Waals surface area contributed by atoms with E-state index in [4.69, 9.17) is 5.73 Å². The first-order valence-electron chi connectivity index (χ1n) is 4.44. The summed E-state index contributed by atoms with van der Waals surface area (Å²) in [6.45, 7) is 1.92. The van der Waals surface area contributed by atoms with E-state index >= 15 is 0 Å². The number of benzene rings is 1. The van der Waals surface area contributed by atoms with E-state index in [0.29, 0.717) is 6.42 Å². The first-order valence-corrected chi connectivity index (χ1v) is 6.03. The highest BCUT2D eigenvalue weighted by molar-refractivity contribution is 9.13. The van der Waals surface area contributed by atoms with Gasteiger partial charge in [0.05, 0.1) is 12.1 Å². The molecule has 0 aliphatic rings. The van der Waals surface area contributed by atoms with Gasteiger partial charge in [-0.05, 0) is 56.0 Å². The highest BCUT2D eigenvalue weighted by Crippen LogP contribution is 2.27. The lowest BCUT2D eigenvalue weighted by Crippen LogP contribution is -2.25. The molecular formula is C10H13Br2NO. The molecule has 0 amide bonds. The van der Waals surface area contributed by atoms with Crippen molar-refractivity contribution in [1.82, 2.24) is 0 Å². The van der Waals surface area contributed by atoms with Crippen molar-refractivity contribution in [3.8, 4) is 0 Å².